The van der Waals surface area contributed by atoms with Crippen LogP contribution in [0, 0.1) is 64.1 Å². The predicted molar refractivity (Wildman–Crippen MR) is 241 cm³/mol. The van der Waals surface area contributed by atoms with E-state index >= 15 is 0 Å². The van der Waals surface area contributed by atoms with Crippen LogP contribution in [0.25, 0.3) is 0 Å². The lowest BCUT2D eigenvalue weighted by Crippen LogP contribution is -2.65. The number of ketones is 1. The van der Waals surface area contributed by atoms with Crippen LogP contribution < -0.4 is 15.4 Å². The highest BCUT2D eigenvalue weighted by Crippen LogP contribution is 2.70. The fourth-order valence-corrected chi connectivity index (χ4v) is 14.6. The van der Waals surface area contributed by atoms with Gasteiger partial charge in [-0.05, 0) is 153 Å². The molecule has 6 fully saturated rings. The summed E-state index contributed by atoms with van der Waals surface area (Å²) in [5.74, 6) is 1.24. The maximum atomic E-state index is 14.6. The van der Waals surface area contributed by atoms with E-state index in [4.69, 9.17) is 25.8 Å². The third kappa shape index (κ3) is 8.21. The molecule has 0 radical (unpaired) electrons. The van der Waals surface area contributed by atoms with Crippen LogP contribution in [-0.2, 0) is 28.7 Å². The summed E-state index contributed by atoms with van der Waals surface area (Å²) >= 11 is 6.36. The van der Waals surface area contributed by atoms with Crippen LogP contribution in [0.3, 0.4) is 0 Å². The maximum Gasteiger partial charge on any atom is 0.309 e. The predicted octanol–water partition coefficient (Wildman–Crippen LogP) is 8.01. The summed E-state index contributed by atoms with van der Waals surface area (Å²) in [5, 5.41) is 6.92. The number of ether oxygens (including phenoxy) is 3. The minimum absolute atomic E-state index is 0.0224. The molecule has 7 aliphatic rings. The highest BCUT2D eigenvalue weighted by atomic mass is 35.5. The number of allylic oxidation sites excluding steroid dienone is 1. The lowest BCUT2D eigenvalue weighted by molar-refractivity contribution is -0.195. The number of nitrogens with zero attached hydrogens (tertiary/aromatic N) is 1. The van der Waals surface area contributed by atoms with Gasteiger partial charge in [-0.2, -0.15) is 0 Å². The number of carbonyl (C=O) groups is 5. The summed E-state index contributed by atoms with van der Waals surface area (Å²) in [7, 11) is 0. The average molecular weight is 891 g/mol. The highest BCUT2D eigenvalue weighted by Gasteiger charge is 2.65. The summed E-state index contributed by atoms with van der Waals surface area (Å²) in [5.41, 5.74) is 0.412. The van der Waals surface area contributed by atoms with Gasteiger partial charge in [-0.3, -0.25) is 24.1 Å². The Morgan fingerprint density at radius 3 is 2.38 bits per heavy atom. The Hall–Kier alpha value is -3.28. The van der Waals surface area contributed by atoms with E-state index in [0.717, 1.165) is 75.5 Å². The lowest BCUT2D eigenvalue weighted by atomic mass is 9.38. The van der Waals surface area contributed by atoms with Gasteiger partial charge in [0.15, 0.2) is 5.78 Å². The number of carbonyl (C=O) groups excluding carboxylic acids is 5. The summed E-state index contributed by atoms with van der Waals surface area (Å²) in [4.78, 5) is 69.7. The van der Waals surface area contributed by atoms with Gasteiger partial charge in [0, 0.05) is 37.0 Å². The van der Waals surface area contributed by atoms with Crippen molar-refractivity contribution in [1.82, 2.24) is 15.5 Å². The van der Waals surface area contributed by atoms with E-state index in [-0.39, 0.29) is 76.5 Å². The smallest absolute Gasteiger partial charge is 0.309 e. The van der Waals surface area contributed by atoms with Gasteiger partial charge in [0.2, 0.25) is 5.91 Å². The standard InChI is InChI=1S/C51H72ClN3O8/c1-29(2)43-39(57)27-51(54-47(60)48(5,6)53-45(58)35-10-9-33(52)26-41(35)62-24-21-55-19-22-61-23-20-55)18-14-38-34(44(43)51)11-12-42-49(7)17-15-40(31(4)37(49)13-16-50(38,42)8)63-46(59)36-25-32(28-56)30(36)3/h9-10,26,28-32,34,36-38,40,42H,11-25,27H2,1-8H3,(H,53,58)(H,54,60). The molecular weight excluding hydrogens is 818 g/mol. The number of Topliss-reactive ketones (excluding diaryl/α,β-unsaturated/α-hetero) is 1. The molecule has 0 aromatic heterocycles. The molecule has 2 amide bonds. The summed E-state index contributed by atoms with van der Waals surface area (Å²) in [6, 6.07) is 4.93. The minimum atomic E-state index is -1.31. The van der Waals surface area contributed by atoms with Crippen molar-refractivity contribution >= 4 is 41.5 Å². The maximum absolute atomic E-state index is 14.6. The van der Waals surface area contributed by atoms with Gasteiger partial charge in [0.05, 0.1) is 30.2 Å². The van der Waals surface area contributed by atoms with Gasteiger partial charge in [-0.1, -0.05) is 53.1 Å². The Balaban J connectivity index is 0.970. The number of hydrogen-bond donors (Lipinski definition) is 2. The van der Waals surface area contributed by atoms with Gasteiger partial charge < -0.3 is 29.6 Å². The van der Waals surface area contributed by atoms with Crippen molar-refractivity contribution in [3.8, 4) is 5.75 Å². The van der Waals surface area contributed by atoms with Crippen molar-refractivity contribution in [1.29, 1.82) is 0 Å². The topological polar surface area (TPSA) is 140 Å². The summed E-state index contributed by atoms with van der Waals surface area (Å²) in [6.45, 7) is 21.1. The Morgan fingerprint density at radius 2 is 1.68 bits per heavy atom. The van der Waals surface area contributed by atoms with E-state index in [0.29, 0.717) is 73.3 Å². The molecule has 1 saturated heterocycles. The monoisotopic (exact) mass is 890 g/mol. The molecule has 63 heavy (non-hydrogen) atoms. The van der Waals surface area contributed by atoms with Gasteiger partial charge in [-0.25, -0.2) is 0 Å². The molecule has 1 aromatic rings. The Labute approximate surface area is 379 Å². The highest BCUT2D eigenvalue weighted by molar-refractivity contribution is 6.30. The molecular formula is C51H72ClN3O8. The quantitative estimate of drug-likeness (QED) is 0.158. The molecule has 2 N–H and O–H groups in total. The minimum Gasteiger partial charge on any atom is -0.491 e. The van der Waals surface area contributed by atoms with E-state index in [1.165, 1.54) is 0 Å². The van der Waals surface area contributed by atoms with Gasteiger partial charge in [-0.15, -0.1) is 0 Å². The molecule has 0 bridgehead atoms. The molecule has 6 aliphatic carbocycles. The van der Waals surface area contributed by atoms with Crippen molar-refractivity contribution < 1.29 is 38.2 Å². The van der Waals surface area contributed by atoms with Gasteiger partial charge in [0.1, 0.15) is 30.3 Å². The molecule has 11 nitrogen and oxygen atoms in total. The van der Waals surface area contributed by atoms with Gasteiger partial charge in [0.25, 0.3) is 5.91 Å². The third-order valence-electron chi connectivity index (χ3n) is 18.0. The Morgan fingerprint density at radius 1 is 0.984 bits per heavy atom. The molecule has 346 valence electrons. The number of benzene rings is 1. The number of nitrogens with one attached hydrogen (secondary N) is 2. The van der Waals surface area contributed by atoms with Crippen molar-refractivity contribution in [2.24, 2.45) is 64.1 Å². The van der Waals surface area contributed by atoms with Crippen molar-refractivity contribution in [3.63, 3.8) is 0 Å². The van der Waals surface area contributed by atoms with Crippen molar-refractivity contribution in [2.45, 2.75) is 137 Å². The van der Waals surface area contributed by atoms with Crippen LogP contribution in [0.15, 0.2) is 29.3 Å². The normalized spacial score (nSPS) is 37.7. The Kier molecular flexibility index (Phi) is 12.9. The van der Waals surface area contributed by atoms with Gasteiger partial charge >= 0.3 is 5.97 Å². The van der Waals surface area contributed by atoms with Crippen LogP contribution in [0.1, 0.15) is 130 Å². The number of halogens is 1. The first-order valence-electron chi connectivity index (χ1n) is 24.1. The number of rotatable bonds is 12. The number of fused-ring (bicyclic) bond motifs is 7. The van der Waals surface area contributed by atoms with E-state index < -0.39 is 17.0 Å². The number of amides is 2. The number of esters is 1. The second-order valence-electron chi connectivity index (χ2n) is 22.1. The van der Waals surface area contributed by atoms with E-state index in [1.54, 1.807) is 32.0 Å². The van der Waals surface area contributed by atoms with Crippen molar-refractivity contribution in [3.05, 3.63) is 39.9 Å². The molecule has 5 saturated carbocycles. The van der Waals surface area contributed by atoms with Crippen LogP contribution in [0.5, 0.6) is 5.75 Å². The molecule has 1 heterocycles. The number of morpholine rings is 1. The Bertz CT molecular complexity index is 2010. The first kappa shape index (κ1) is 46.3. The zero-order valence-corrected chi connectivity index (χ0v) is 39.7. The van der Waals surface area contributed by atoms with E-state index in [9.17, 15) is 24.0 Å². The lowest BCUT2D eigenvalue weighted by Gasteiger charge is -2.67. The van der Waals surface area contributed by atoms with Crippen LogP contribution in [0.2, 0.25) is 5.02 Å². The SMILES string of the molecule is CC(C)C1=C2C3CCC4C(C)(CCC5C(C)C(OC(=O)C6CC(C=O)C6C)CCC54C)C3CCC2(NC(=O)C(C)(C)NC(=O)c2ccc(Cl)cc2OCCN2CCOCC2)CC1=O. The first-order valence-corrected chi connectivity index (χ1v) is 24.5. The number of hydrogen-bond acceptors (Lipinski definition) is 9. The molecule has 12 heteroatoms. The second kappa shape index (κ2) is 17.5. The molecule has 8 rings (SSSR count). The van der Waals surface area contributed by atoms with Crippen LogP contribution in [0.4, 0.5) is 0 Å². The van der Waals surface area contributed by atoms with Crippen LogP contribution in [-0.4, -0.2) is 91.4 Å². The molecule has 1 aromatic carbocycles. The second-order valence-corrected chi connectivity index (χ2v) is 22.5. The fourth-order valence-electron chi connectivity index (χ4n) is 14.4. The molecule has 0 spiro atoms. The molecule has 12 unspecified atom stereocenters. The van der Waals surface area contributed by atoms with E-state index in [2.05, 4.69) is 50.2 Å². The fraction of sp³-hybridized carbons (Fsp3) is 0.745. The summed E-state index contributed by atoms with van der Waals surface area (Å²) < 4.78 is 17.9. The zero-order chi connectivity index (χ0) is 45.2. The average Bonchev–Trinajstić information content (AvgIpc) is 3.53. The van der Waals surface area contributed by atoms with Crippen LogP contribution >= 0.6 is 11.6 Å². The summed E-state index contributed by atoms with van der Waals surface area (Å²) in [6.07, 6.45) is 9.41. The number of aldehydes is 1. The molecule has 1 aliphatic heterocycles. The third-order valence-corrected chi connectivity index (χ3v) is 18.2. The largest absolute Gasteiger partial charge is 0.491 e. The first-order chi connectivity index (χ1) is 29.8. The van der Waals surface area contributed by atoms with Crippen molar-refractivity contribution in [2.75, 3.05) is 39.5 Å². The molecule has 12 atom stereocenters. The zero-order valence-electron chi connectivity index (χ0n) is 39.0. The van der Waals surface area contributed by atoms with E-state index in [1.807, 2.05) is 6.92 Å².